The number of hydrogen-bond donors (Lipinski definition) is 2. The summed E-state index contributed by atoms with van der Waals surface area (Å²) in [6.45, 7) is 6.05. The third kappa shape index (κ3) is 4.81. The molecule has 192 valence electrons. The van der Waals surface area contributed by atoms with Gasteiger partial charge in [-0.2, -0.15) is 0 Å². The number of anilines is 3. The molecule has 2 aromatic rings. The molecule has 1 amide bonds. The van der Waals surface area contributed by atoms with E-state index < -0.39 is 5.41 Å². The molecule has 1 saturated carbocycles. The molecule has 0 radical (unpaired) electrons. The third-order valence-electron chi connectivity index (χ3n) is 8.55. The summed E-state index contributed by atoms with van der Waals surface area (Å²) in [5, 5.41) is 6.84. The van der Waals surface area contributed by atoms with Crippen LogP contribution in [0.5, 0.6) is 0 Å². The number of amides is 1. The topological polar surface area (TPSA) is 82.6 Å². The van der Waals surface area contributed by atoms with E-state index >= 15 is 0 Å². The molecule has 3 aliphatic heterocycles. The first-order valence-corrected chi connectivity index (χ1v) is 13.7. The Kier molecular flexibility index (Phi) is 6.80. The fourth-order valence-corrected chi connectivity index (χ4v) is 5.89. The fraction of sp³-hybridized carbons (Fsp3) is 0.607. The van der Waals surface area contributed by atoms with E-state index in [2.05, 4.69) is 54.7 Å². The Morgan fingerprint density at radius 2 is 1.75 bits per heavy atom. The summed E-state index contributed by atoms with van der Waals surface area (Å²) >= 11 is 0. The second-order valence-corrected chi connectivity index (χ2v) is 11.0. The van der Waals surface area contributed by atoms with Crippen molar-refractivity contribution in [1.82, 2.24) is 15.3 Å². The van der Waals surface area contributed by atoms with E-state index in [1.807, 2.05) is 0 Å². The first-order chi connectivity index (χ1) is 17.7. The van der Waals surface area contributed by atoms with Gasteiger partial charge < -0.3 is 25.2 Å². The van der Waals surface area contributed by atoms with Crippen LogP contribution >= 0.6 is 0 Å². The number of rotatable bonds is 8. The van der Waals surface area contributed by atoms with Gasteiger partial charge in [0, 0.05) is 37.9 Å². The molecule has 3 saturated heterocycles. The average molecular weight is 491 g/mol. The lowest BCUT2D eigenvalue weighted by molar-refractivity contribution is -0.139. The van der Waals surface area contributed by atoms with Crippen LogP contribution in [0.1, 0.15) is 50.5 Å². The Morgan fingerprint density at radius 1 is 0.972 bits per heavy atom. The van der Waals surface area contributed by atoms with E-state index in [0.29, 0.717) is 25.1 Å². The lowest BCUT2D eigenvalue weighted by atomic mass is 9.77. The smallest absolute Gasteiger partial charge is 0.240 e. The molecule has 4 aliphatic rings. The van der Waals surface area contributed by atoms with Crippen LogP contribution in [0.25, 0.3) is 0 Å². The molecule has 0 bridgehead atoms. The van der Waals surface area contributed by atoms with Crippen LogP contribution in [-0.2, 0) is 14.9 Å². The zero-order chi connectivity index (χ0) is 24.4. The lowest BCUT2D eigenvalue weighted by Gasteiger charge is -2.40. The molecule has 4 heterocycles. The standard InChI is InChI=1S/C28H38N6O2/c35-27(32-25-16-29-17-26(31-25)33-12-1-2-13-33)28(19-36-20-28)22-8-10-24(11-9-22)34-14-4-7-23(18-34)30-15-21-5-3-6-21/h8-11,16-17,21,23,30H,1-7,12-15,18-20H2,(H,31,32,35)/t23-/m1/s1. The van der Waals surface area contributed by atoms with Crippen molar-refractivity contribution in [3.8, 4) is 0 Å². The molecule has 6 rings (SSSR count). The van der Waals surface area contributed by atoms with Crippen LogP contribution in [0.3, 0.4) is 0 Å². The average Bonchev–Trinajstić information content (AvgIpc) is 3.39. The van der Waals surface area contributed by atoms with E-state index in [0.717, 1.165) is 43.5 Å². The molecule has 1 aromatic carbocycles. The van der Waals surface area contributed by atoms with Gasteiger partial charge in [0.05, 0.1) is 25.6 Å². The normalized spacial score (nSPS) is 23.7. The number of ether oxygens (including phenoxy) is 1. The summed E-state index contributed by atoms with van der Waals surface area (Å²) in [4.78, 5) is 27.1. The SMILES string of the molecule is O=C(Nc1cncc(N2CCCC2)n1)C1(c2ccc(N3CCC[C@@H](NCC4CCC4)C3)cc2)COC1. The van der Waals surface area contributed by atoms with Gasteiger partial charge in [0.25, 0.3) is 0 Å². The Bertz CT molecular complexity index is 1050. The second-order valence-electron chi connectivity index (χ2n) is 11.0. The van der Waals surface area contributed by atoms with Crippen molar-refractivity contribution in [2.24, 2.45) is 5.92 Å². The molecular formula is C28H38N6O2. The van der Waals surface area contributed by atoms with Gasteiger partial charge in [0.15, 0.2) is 5.82 Å². The highest BCUT2D eigenvalue weighted by Crippen LogP contribution is 2.35. The van der Waals surface area contributed by atoms with Crippen molar-refractivity contribution in [3.05, 3.63) is 42.2 Å². The first-order valence-electron chi connectivity index (χ1n) is 13.7. The molecule has 36 heavy (non-hydrogen) atoms. The van der Waals surface area contributed by atoms with E-state index in [4.69, 9.17) is 4.74 Å². The highest BCUT2D eigenvalue weighted by molar-refractivity contribution is 5.99. The van der Waals surface area contributed by atoms with Crippen molar-refractivity contribution in [2.75, 3.05) is 61.1 Å². The first kappa shape index (κ1) is 23.7. The van der Waals surface area contributed by atoms with E-state index in [1.165, 1.54) is 57.2 Å². The Morgan fingerprint density at radius 3 is 2.44 bits per heavy atom. The molecular weight excluding hydrogens is 452 g/mol. The van der Waals surface area contributed by atoms with E-state index in [1.54, 1.807) is 12.4 Å². The monoisotopic (exact) mass is 490 g/mol. The van der Waals surface area contributed by atoms with E-state index in [9.17, 15) is 4.79 Å². The van der Waals surface area contributed by atoms with Gasteiger partial charge in [-0.25, -0.2) is 4.98 Å². The number of hydrogen-bond acceptors (Lipinski definition) is 7. The highest BCUT2D eigenvalue weighted by atomic mass is 16.5. The molecule has 1 aromatic heterocycles. The zero-order valence-electron chi connectivity index (χ0n) is 21.1. The Balaban J connectivity index is 1.10. The molecule has 1 aliphatic carbocycles. The van der Waals surface area contributed by atoms with Crippen molar-refractivity contribution in [1.29, 1.82) is 0 Å². The maximum absolute atomic E-state index is 13.4. The van der Waals surface area contributed by atoms with Crippen molar-refractivity contribution < 1.29 is 9.53 Å². The van der Waals surface area contributed by atoms with Crippen molar-refractivity contribution in [2.45, 2.75) is 56.4 Å². The van der Waals surface area contributed by atoms with Crippen molar-refractivity contribution >= 4 is 23.2 Å². The third-order valence-corrected chi connectivity index (χ3v) is 8.55. The van der Waals surface area contributed by atoms with Gasteiger partial charge in [-0.15, -0.1) is 0 Å². The van der Waals surface area contributed by atoms with Gasteiger partial charge in [0.2, 0.25) is 5.91 Å². The number of aromatic nitrogens is 2. The number of nitrogens with one attached hydrogen (secondary N) is 2. The molecule has 2 N–H and O–H groups in total. The van der Waals surface area contributed by atoms with Crippen LogP contribution in [0, 0.1) is 5.92 Å². The van der Waals surface area contributed by atoms with Gasteiger partial charge in [-0.1, -0.05) is 18.6 Å². The van der Waals surface area contributed by atoms with Crippen LogP contribution in [0.15, 0.2) is 36.7 Å². The Labute approximate surface area is 213 Å². The summed E-state index contributed by atoms with van der Waals surface area (Å²) < 4.78 is 5.55. The number of benzene rings is 1. The van der Waals surface area contributed by atoms with Crippen LogP contribution in [0.2, 0.25) is 0 Å². The Hall–Kier alpha value is -2.71. The number of carbonyl (C=O) groups excluding carboxylic acids is 1. The molecule has 0 unspecified atom stereocenters. The van der Waals surface area contributed by atoms with Gasteiger partial charge >= 0.3 is 0 Å². The zero-order valence-corrected chi connectivity index (χ0v) is 21.1. The second kappa shape index (κ2) is 10.3. The van der Waals surface area contributed by atoms with Gasteiger partial charge in [0.1, 0.15) is 11.2 Å². The maximum atomic E-state index is 13.4. The van der Waals surface area contributed by atoms with Crippen molar-refractivity contribution in [3.63, 3.8) is 0 Å². The highest BCUT2D eigenvalue weighted by Gasteiger charge is 2.47. The molecule has 8 heteroatoms. The number of nitrogens with zero attached hydrogens (tertiary/aromatic N) is 4. The summed E-state index contributed by atoms with van der Waals surface area (Å²) in [7, 11) is 0. The van der Waals surface area contributed by atoms with Crippen LogP contribution < -0.4 is 20.4 Å². The summed E-state index contributed by atoms with van der Waals surface area (Å²) in [5.41, 5.74) is 1.54. The van der Waals surface area contributed by atoms with Crippen LogP contribution in [-0.4, -0.2) is 67.9 Å². The molecule has 4 fully saturated rings. The lowest BCUT2D eigenvalue weighted by Crippen LogP contribution is -2.55. The van der Waals surface area contributed by atoms with Crippen LogP contribution in [0.4, 0.5) is 17.3 Å². The predicted molar refractivity (Wildman–Crippen MR) is 142 cm³/mol. The minimum atomic E-state index is -0.682. The van der Waals surface area contributed by atoms with E-state index in [-0.39, 0.29) is 5.91 Å². The van der Waals surface area contributed by atoms with Gasteiger partial charge in [-0.3, -0.25) is 9.78 Å². The maximum Gasteiger partial charge on any atom is 0.240 e. The fourth-order valence-electron chi connectivity index (χ4n) is 5.89. The number of piperidine rings is 1. The largest absolute Gasteiger partial charge is 0.378 e. The molecule has 8 nitrogen and oxygen atoms in total. The minimum absolute atomic E-state index is 0.0763. The summed E-state index contributed by atoms with van der Waals surface area (Å²) in [6.07, 6.45) is 12.4. The summed E-state index contributed by atoms with van der Waals surface area (Å²) in [5.74, 6) is 2.14. The summed E-state index contributed by atoms with van der Waals surface area (Å²) in [6, 6.07) is 9.12. The number of carbonyl (C=O) groups is 1. The quantitative estimate of drug-likeness (QED) is 0.587. The van der Waals surface area contributed by atoms with Gasteiger partial charge in [-0.05, 0) is 68.7 Å². The minimum Gasteiger partial charge on any atom is -0.378 e. The predicted octanol–water partition coefficient (Wildman–Crippen LogP) is 3.34. The molecule has 0 spiro atoms. The molecule has 1 atom stereocenters.